The van der Waals surface area contributed by atoms with E-state index >= 15 is 0 Å². The second-order valence-corrected chi connectivity index (χ2v) is 7.53. The first-order valence-corrected chi connectivity index (χ1v) is 9.26. The smallest absolute Gasteiger partial charge is 0.268 e. The fraction of sp³-hybridized carbons (Fsp3) is 0.222. The van der Waals surface area contributed by atoms with Gasteiger partial charge in [-0.2, -0.15) is 0 Å². The van der Waals surface area contributed by atoms with Crippen molar-refractivity contribution in [2.45, 2.75) is 26.3 Å². The maximum Gasteiger partial charge on any atom is 0.268 e. The molecule has 1 heterocycles. The molecule has 6 heteroatoms. The summed E-state index contributed by atoms with van der Waals surface area (Å²) in [6.07, 6.45) is 1.02. The summed E-state index contributed by atoms with van der Waals surface area (Å²) in [5.74, 6) is -0.0362. The molecule has 4 nitrogen and oxygen atoms in total. The van der Waals surface area contributed by atoms with Gasteiger partial charge in [0, 0.05) is 23.1 Å². The molecular formula is C18H17BrN2O2S. The number of halogens is 1. The normalized spacial score (nSPS) is 10.9. The third-order valence-electron chi connectivity index (χ3n) is 3.76. The Kier molecular flexibility index (Phi) is 5.16. The molecule has 1 N–H and O–H groups in total. The van der Waals surface area contributed by atoms with Gasteiger partial charge in [-0.05, 0) is 49.2 Å². The molecule has 0 atom stereocenters. The second kappa shape index (κ2) is 7.32. The number of fused-ring (bicyclic) bond motifs is 1. The van der Waals surface area contributed by atoms with Crippen LogP contribution in [0.1, 0.15) is 18.4 Å². The summed E-state index contributed by atoms with van der Waals surface area (Å²) in [6, 6.07) is 13.3. The zero-order valence-corrected chi connectivity index (χ0v) is 15.6. The van der Waals surface area contributed by atoms with E-state index in [0.29, 0.717) is 19.4 Å². The van der Waals surface area contributed by atoms with Crippen molar-refractivity contribution in [1.82, 2.24) is 3.96 Å². The minimum absolute atomic E-state index is 0.0274. The highest BCUT2D eigenvalue weighted by molar-refractivity contribution is 9.10. The monoisotopic (exact) mass is 404 g/mol. The van der Waals surface area contributed by atoms with E-state index in [1.54, 1.807) is 3.96 Å². The molecule has 1 aromatic heterocycles. The molecule has 3 rings (SSSR count). The van der Waals surface area contributed by atoms with Gasteiger partial charge in [0.1, 0.15) is 0 Å². The number of hydrogen-bond acceptors (Lipinski definition) is 3. The first kappa shape index (κ1) is 16.9. The van der Waals surface area contributed by atoms with Gasteiger partial charge in [-0.15, -0.1) is 0 Å². The van der Waals surface area contributed by atoms with E-state index in [9.17, 15) is 9.59 Å². The van der Waals surface area contributed by atoms with E-state index in [4.69, 9.17) is 0 Å². The van der Waals surface area contributed by atoms with E-state index < -0.39 is 0 Å². The summed E-state index contributed by atoms with van der Waals surface area (Å²) in [6.45, 7) is 2.54. The molecule has 24 heavy (non-hydrogen) atoms. The van der Waals surface area contributed by atoms with Gasteiger partial charge in [0.05, 0.1) is 10.1 Å². The lowest BCUT2D eigenvalue weighted by Gasteiger charge is -2.07. The molecule has 3 aromatic rings. The molecule has 0 unspecified atom stereocenters. The number of carbonyl (C=O) groups is 1. The highest BCUT2D eigenvalue weighted by Crippen LogP contribution is 2.20. The Bertz CT molecular complexity index is 946. The summed E-state index contributed by atoms with van der Waals surface area (Å²) in [5, 5.41) is 3.64. The Morgan fingerprint density at radius 2 is 2.04 bits per heavy atom. The number of amides is 1. The van der Waals surface area contributed by atoms with Crippen molar-refractivity contribution in [2.24, 2.45) is 0 Å². The van der Waals surface area contributed by atoms with Gasteiger partial charge >= 0.3 is 0 Å². The van der Waals surface area contributed by atoms with Crippen LogP contribution in [0.5, 0.6) is 0 Å². The maximum absolute atomic E-state index is 12.2. The molecule has 0 aliphatic heterocycles. The van der Waals surface area contributed by atoms with Crippen molar-refractivity contribution in [3.8, 4) is 0 Å². The zero-order chi connectivity index (χ0) is 17.1. The second-order valence-electron chi connectivity index (χ2n) is 5.61. The highest BCUT2D eigenvalue weighted by Gasteiger charge is 2.08. The lowest BCUT2D eigenvalue weighted by Crippen LogP contribution is -2.16. The van der Waals surface area contributed by atoms with Crippen molar-refractivity contribution >= 4 is 49.1 Å². The Balaban J connectivity index is 1.57. The van der Waals surface area contributed by atoms with Crippen LogP contribution in [-0.4, -0.2) is 9.86 Å². The van der Waals surface area contributed by atoms with Crippen LogP contribution in [0, 0.1) is 6.92 Å². The van der Waals surface area contributed by atoms with Crippen LogP contribution in [0.15, 0.2) is 51.7 Å². The number of anilines is 1. The quantitative estimate of drug-likeness (QED) is 0.677. The van der Waals surface area contributed by atoms with Gasteiger partial charge < -0.3 is 5.32 Å². The first-order valence-electron chi connectivity index (χ1n) is 7.69. The standard InChI is InChI=1S/C18H17BrN2O2S/c1-12-11-13(8-9-15(12)19)20-17(22)7-4-10-21-18(23)14-5-2-3-6-16(14)24-21/h2-3,5-6,8-9,11H,4,7,10H2,1H3,(H,20,22). The van der Waals surface area contributed by atoms with Crippen molar-refractivity contribution < 1.29 is 4.79 Å². The van der Waals surface area contributed by atoms with Gasteiger partial charge in [0.15, 0.2) is 0 Å². The minimum Gasteiger partial charge on any atom is -0.326 e. The Labute approximate surface area is 152 Å². The lowest BCUT2D eigenvalue weighted by molar-refractivity contribution is -0.116. The summed E-state index contributed by atoms with van der Waals surface area (Å²) in [5.41, 5.74) is 1.89. The SMILES string of the molecule is Cc1cc(NC(=O)CCCn2sc3ccccc3c2=O)ccc1Br. The molecule has 0 saturated carbocycles. The zero-order valence-electron chi connectivity index (χ0n) is 13.2. The van der Waals surface area contributed by atoms with Gasteiger partial charge in [-0.3, -0.25) is 13.5 Å². The fourth-order valence-electron chi connectivity index (χ4n) is 2.49. The van der Waals surface area contributed by atoms with Crippen LogP contribution in [0.3, 0.4) is 0 Å². The van der Waals surface area contributed by atoms with Crippen molar-refractivity contribution in [3.63, 3.8) is 0 Å². The largest absolute Gasteiger partial charge is 0.326 e. The van der Waals surface area contributed by atoms with Crippen LogP contribution in [0.2, 0.25) is 0 Å². The summed E-state index contributed by atoms with van der Waals surface area (Å²) in [7, 11) is 0. The van der Waals surface area contributed by atoms with E-state index in [-0.39, 0.29) is 11.5 Å². The third-order valence-corrected chi connectivity index (χ3v) is 5.77. The average molecular weight is 405 g/mol. The van der Waals surface area contributed by atoms with Gasteiger partial charge in [0.2, 0.25) is 5.91 Å². The number of nitrogens with one attached hydrogen (secondary N) is 1. The van der Waals surface area contributed by atoms with Gasteiger partial charge in [-0.25, -0.2) is 0 Å². The van der Waals surface area contributed by atoms with Crippen molar-refractivity contribution in [2.75, 3.05) is 5.32 Å². The topological polar surface area (TPSA) is 51.1 Å². The molecule has 0 radical (unpaired) electrons. The highest BCUT2D eigenvalue weighted by atomic mass is 79.9. The van der Waals surface area contributed by atoms with Gasteiger partial charge in [0.25, 0.3) is 5.56 Å². The molecule has 0 bridgehead atoms. The van der Waals surface area contributed by atoms with Crippen LogP contribution < -0.4 is 10.9 Å². The molecule has 1 amide bonds. The number of aromatic nitrogens is 1. The molecule has 0 spiro atoms. The predicted molar refractivity (Wildman–Crippen MR) is 103 cm³/mol. The summed E-state index contributed by atoms with van der Waals surface area (Å²) >= 11 is 4.89. The van der Waals surface area contributed by atoms with Crippen LogP contribution in [0.25, 0.3) is 10.1 Å². The van der Waals surface area contributed by atoms with Gasteiger partial charge in [-0.1, -0.05) is 39.6 Å². The van der Waals surface area contributed by atoms with Crippen molar-refractivity contribution in [1.29, 1.82) is 0 Å². The molecule has 0 saturated heterocycles. The lowest BCUT2D eigenvalue weighted by atomic mass is 10.2. The molecule has 0 aliphatic rings. The maximum atomic E-state index is 12.2. The Morgan fingerprint density at radius 3 is 2.79 bits per heavy atom. The molecule has 0 aliphatic carbocycles. The Hall–Kier alpha value is -1.92. The minimum atomic E-state index is -0.0362. The summed E-state index contributed by atoms with van der Waals surface area (Å²) < 4.78 is 3.73. The predicted octanol–water partition coefficient (Wildman–Crippen LogP) is 4.55. The van der Waals surface area contributed by atoms with E-state index in [1.807, 2.05) is 49.4 Å². The van der Waals surface area contributed by atoms with E-state index in [2.05, 4.69) is 21.2 Å². The molecule has 2 aromatic carbocycles. The molecule has 0 fully saturated rings. The van der Waals surface area contributed by atoms with E-state index in [0.717, 1.165) is 25.8 Å². The van der Waals surface area contributed by atoms with E-state index in [1.165, 1.54) is 11.5 Å². The van der Waals surface area contributed by atoms with Crippen molar-refractivity contribution in [3.05, 3.63) is 62.9 Å². The first-order chi connectivity index (χ1) is 11.5. The molecular weight excluding hydrogens is 388 g/mol. The summed E-state index contributed by atoms with van der Waals surface area (Å²) in [4.78, 5) is 24.3. The van der Waals surface area contributed by atoms with Crippen LogP contribution >= 0.6 is 27.5 Å². The number of hydrogen-bond donors (Lipinski definition) is 1. The Morgan fingerprint density at radius 1 is 1.25 bits per heavy atom. The molecule has 124 valence electrons. The number of aryl methyl sites for hydroxylation is 2. The number of benzene rings is 2. The fourth-order valence-corrected chi connectivity index (χ4v) is 3.77. The number of rotatable bonds is 5. The van der Waals surface area contributed by atoms with Crippen LogP contribution in [-0.2, 0) is 11.3 Å². The number of carbonyl (C=O) groups excluding carboxylic acids is 1. The number of nitrogens with zero attached hydrogens (tertiary/aromatic N) is 1. The average Bonchev–Trinajstić information content (AvgIpc) is 2.88. The van der Waals surface area contributed by atoms with Crippen LogP contribution in [0.4, 0.5) is 5.69 Å². The third kappa shape index (κ3) is 3.76.